The van der Waals surface area contributed by atoms with Gasteiger partial charge in [-0.1, -0.05) is 29.8 Å². The Kier molecular flexibility index (Phi) is 5.11. The number of nitro benzene ring substituents is 1. The number of carbonyl (C=O) groups excluding carboxylic acids is 1. The standard InChI is InChI=1S/C18H20N2O3/c1-12-8-13(2)17(14(3)9-12)11-19-18(21)10-15-4-6-16(7-5-15)20(22)23/h4-9H,10-11H2,1-3H3,(H,19,21). The number of hydrogen-bond donors (Lipinski definition) is 1. The lowest BCUT2D eigenvalue weighted by Crippen LogP contribution is -2.25. The summed E-state index contributed by atoms with van der Waals surface area (Å²) in [5.74, 6) is -0.0989. The number of benzene rings is 2. The number of carbonyl (C=O) groups is 1. The summed E-state index contributed by atoms with van der Waals surface area (Å²) in [6.07, 6.45) is 0.210. The van der Waals surface area contributed by atoms with Crippen LogP contribution in [-0.2, 0) is 17.8 Å². The van der Waals surface area contributed by atoms with Crippen molar-refractivity contribution in [3.05, 3.63) is 74.3 Å². The fourth-order valence-electron chi connectivity index (χ4n) is 2.66. The molecular formula is C18H20N2O3. The molecule has 0 aromatic heterocycles. The van der Waals surface area contributed by atoms with Crippen LogP contribution in [0.25, 0.3) is 0 Å². The maximum atomic E-state index is 12.0. The molecule has 2 rings (SSSR count). The van der Waals surface area contributed by atoms with E-state index in [9.17, 15) is 14.9 Å². The summed E-state index contributed by atoms with van der Waals surface area (Å²) < 4.78 is 0. The van der Waals surface area contributed by atoms with Gasteiger partial charge in [0, 0.05) is 18.7 Å². The number of hydrogen-bond acceptors (Lipinski definition) is 3. The van der Waals surface area contributed by atoms with E-state index in [-0.39, 0.29) is 18.0 Å². The van der Waals surface area contributed by atoms with Crippen molar-refractivity contribution in [1.82, 2.24) is 5.32 Å². The van der Waals surface area contributed by atoms with Crippen LogP contribution in [0.5, 0.6) is 0 Å². The van der Waals surface area contributed by atoms with E-state index in [0.29, 0.717) is 6.54 Å². The Hall–Kier alpha value is -2.69. The highest BCUT2D eigenvalue weighted by Crippen LogP contribution is 2.16. The first-order valence-electron chi connectivity index (χ1n) is 7.43. The van der Waals surface area contributed by atoms with E-state index in [1.807, 2.05) is 13.8 Å². The third kappa shape index (κ3) is 4.39. The van der Waals surface area contributed by atoms with Crippen molar-refractivity contribution in [2.45, 2.75) is 33.7 Å². The van der Waals surface area contributed by atoms with Gasteiger partial charge in [0.1, 0.15) is 0 Å². The van der Waals surface area contributed by atoms with Crippen molar-refractivity contribution in [3.63, 3.8) is 0 Å². The molecular weight excluding hydrogens is 292 g/mol. The van der Waals surface area contributed by atoms with Crippen LogP contribution >= 0.6 is 0 Å². The van der Waals surface area contributed by atoms with Crippen LogP contribution < -0.4 is 5.32 Å². The van der Waals surface area contributed by atoms with Crippen LogP contribution in [0.2, 0.25) is 0 Å². The van der Waals surface area contributed by atoms with E-state index >= 15 is 0 Å². The molecule has 120 valence electrons. The molecule has 0 fully saturated rings. The summed E-state index contributed by atoms with van der Waals surface area (Å²) in [5, 5.41) is 13.5. The second-order valence-corrected chi connectivity index (χ2v) is 5.75. The molecule has 1 amide bonds. The van der Waals surface area contributed by atoms with Crippen LogP contribution in [0.1, 0.15) is 27.8 Å². The first kappa shape index (κ1) is 16.7. The van der Waals surface area contributed by atoms with E-state index in [4.69, 9.17) is 0 Å². The molecule has 0 saturated heterocycles. The van der Waals surface area contributed by atoms with Gasteiger partial charge in [0.15, 0.2) is 0 Å². The number of nitro groups is 1. The molecule has 0 spiro atoms. The summed E-state index contributed by atoms with van der Waals surface area (Å²) in [7, 11) is 0. The molecule has 5 heteroatoms. The molecule has 0 heterocycles. The van der Waals surface area contributed by atoms with Gasteiger partial charge < -0.3 is 5.32 Å². The van der Waals surface area contributed by atoms with Gasteiger partial charge in [0.2, 0.25) is 5.91 Å². The lowest BCUT2D eigenvalue weighted by Gasteiger charge is -2.12. The molecule has 1 N–H and O–H groups in total. The summed E-state index contributed by atoms with van der Waals surface area (Å²) in [5.41, 5.74) is 5.45. The summed E-state index contributed by atoms with van der Waals surface area (Å²) >= 11 is 0. The normalized spacial score (nSPS) is 10.4. The van der Waals surface area contributed by atoms with Gasteiger partial charge in [0.05, 0.1) is 11.3 Å². The quantitative estimate of drug-likeness (QED) is 0.679. The van der Waals surface area contributed by atoms with Crippen LogP contribution in [-0.4, -0.2) is 10.8 Å². The van der Waals surface area contributed by atoms with E-state index in [1.165, 1.54) is 17.7 Å². The molecule has 0 aliphatic carbocycles. The molecule has 0 saturated carbocycles. The largest absolute Gasteiger partial charge is 0.352 e. The second-order valence-electron chi connectivity index (χ2n) is 5.75. The molecule has 0 radical (unpaired) electrons. The van der Waals surface area contributed by atoms with Crippen LogP contribution in [0.15, 0.2) is 36.4 Å². The Morgan fingerprint density at radius 1 is 1.09 bits per heavy atom. The van der Waals surface area contributed by atoms with E-state index < -0.39 is 4.92 Å². The number of rotatable bonds is 5. The molecule has 0 atom stereocenters. The number of nitrogens with one attached hydrogen (secondary N) is 1. The molecule has 0 unspecified atom stereocenters. The van der Waals surface area contributed by atoms with Crippen molar-refractivity contribution in [3.8, 4) is 0 Å². The molecule has 0 bridgehead atoms. The van der Waals surface area contributed by atoms with Crippen LogP contribution in [0.3, 0.4) is 0 Å². The zero-order valence-corrected chi connectivity index (χ0v) is 13.6. The SMILES string of the molecule is Cc1cc(C)c(CNC(=O)Cc2ccc([N+](=O)[O-])cc2)c(C)c1. The zero-order chi connectivity index (χ0) is 17.0. The lowest BCUT2D eigenvalue weighted by molar-refractivity contribution is -0.384. The first-order chi connectivity index (χ1) is 10.9. The predicted octanol–water partition coefficient (Wildman–Crippen LogP) is 3.38. The van der Waals surface area contributed by atoms with Gasteiger partial charge in [-0.15, -0.1) is 0 Å². The maximum Gasteiger partial charge on any atom is 0.269 e. The van der Waals surface area contributed by atoms with Crippen molar-refractivity contribution in [2.24, 2.45) is 0 Å². The van der Waals surface area contributed by atoms with E-state index in [0.717, 1.165) is 22.3 Å². The van der Waals surface area contributed by atoms with Gasteiger partial charge in [-0.2, -0.15) is 0 Å². The molecule has 23 heavy (non-hydrogen) atoms. The number of amides is 1. The highest BCUT2D eigenvalue weighted by molar-refractivity contribution is 5.78. The minimum Gasteiger partial charge on any atom is -0.352 e. The summed E-state index contributed by atoms with van der Waals surface area (Å²) in [4.78, 5) is 22.2. The minimum atomic E-state index is -0.452. The lowest BCUT2D eigenvalue weighted by atomic mass is 10.00. The highest BCUT2D eigenvalue weighted by Gasteiger charge is 2.09. The van der Waals surface area contributed by atoms with Gasteiger partial charge in [-0.3, -0.25) is 14.9 Å². The number of nitrogens with zero attached hydrogens (tertiary/aromatic N) is 1. The number of aryl methyl sites for hydroxylation is 3. The van der Waals surface area contributed by atoms with Crippen LogP contribution in [0, 0.1) is 30.9 Å². The van der Waals surface area contributed by atoms with Crippen LogP contribution in [0.4, 0.5) is 5.69 Å². The second kappa shape index (κ2) is 7.05. The maximum absolute atomic E-state index is 12.0. The van der Waals surface area contributed by atoms with Gasteiger partial charge >= 0.3 is 0 Å². The van der Waals surface area contributed by atoms with Gasteiger partial charge in [-0.05, 0) is 43.0 Å². The Labute approximate surface area is 135 Å². The summed E-state index contributed by atoms with van der Waals surface area (Å²) in [6, 6.07) is 10.3. The average molecular weight is 312 g/mol. The highest BCUT2D eigenvalue weighted by atomic mass is 16.6. The zero-order valence-electron chi connectivity index (χ0n) is 13.6. The molecule has 0 aliphatic rings. The third-order valence-electron chi connectivity index (χ3n) is 3.81. The Morgan fingerprint density at radius 3 is 2.17 bits per heavy atom. The average Bonchev–Trinajstić information content (AvgIpc) is 2.46. The van der Waals surface area contributed by atoms with Crippen molar-refractivity contribution in [1.29, 1.82) is 0 Å². The Bertz CT molecular complexity index is 713. The minimum absolute atomic E-state index is 0.0278. The first-order valence-corrected chi connectivity index (χ1v) is 7.43. The fraction of sp³-hybridized carbons (Fsp3) is 0.278. The Morgan fingerprint density at radius 2 is 1.65 bits per heavy atom. The topological polar surface area (TPSA) is 72.2 Å². The molecule has 5 nitrogen and oxygen atoms in total. The van der Waals surface area contributed by atoms with Gasteiger partial charge in [-0.25, -0.2) is 0 Å². The summed E-state index contributed by atoms with van der Waals surface area (Å²) in [6.45, 7) is 6.62. The third-order valence-corrected chi connectivity index (χ3v) is 3.81. The van der Waals surface area contributed by atoms with Crippen molar-refractivity contribution < 1.29 is 9.72 Å². The predicted molar refractivity (Wildman–Crippen MR) is 89.3 cm³/mol. The smallest absolute Gasteiger partial charge is 0.269 e. The molecule has 0 aliphatic heterocycles. The monoisotopic (exact) mass is 312 g/mol. The van der Waals surface area contributed by atoms with E-state index in [1.54, 1.807) is 12.1 Å². The molecule has 2 aromatic rings. The number of non-ortho nitro benzene ring substituents is 1. The van der Waals surface area contributed by atoms with Gasteiger partial charge in [0.25, 0.3) is 5.69 Å². The fourth-order valence-corrected chi connectivity index (χ4v) is 2.66. The van der Waals surface area contributed by atoms with Crippen molar-refractivity contribution in [2.75, 3.05) is 0 Å². The van der Waals surface area contributed by atoms with Crippen molar-refractivity contribution >= 4 is 11.6 Å². The van der Waals surface area contributed by atoms with E-state index in [2.05, 4.69) is 24.4 Å². The molecule has 2 aromatic carbocycles. The Balaban J connectivity index is 1.96.